The first-order chi connectivity index (χ1) is 11.5. The van der Waals surface area contributed by atoms with Crippen LogP contribution in [0.25, 0.3) is 0 Å². The molecule has 126 valence electrons. The monoisotopic (exact) mass is 348 g/mol. The summed E-state index contributed by atoms with van der Waals surface area (Å²) in [6.45, 7) is 0.980. The van der Waals surface area contributed by atoms with Gasteiger partial charge in [0.15, 0.2) is 0 Å². The van der Waals surface area contributed by atoms with Crippen molar-refractivity contribution in [2.75, 3.05) is 13.1 Å². The van der Waals surface area contributed by atoms with Crippen LogP contribution in [-0.2, 0) is 5.54 Å². The van der Waals surface area contributed by atoms with Crippen LogP contribution < -0.4 is 10.6 Å². The number of aliphatic hydroxyl groups is 1. The molecule has 3 N–H and O–H groups in total. The lowest BCUT2D eigenvalue weighted by molar-refractivity contribution is 0.0288. The molecule has 1 aliphatic rings. The van der Waals surface area contributed by atoms with E-state index in [2.05, 4.69) is 10.6 Å². The fraction of sp³-hybridized carbons (Fsp3) is 0.278. The van der Waals surface area contributed by atoms with E-state index in [4.69, 9.17) is 11.6 Å². The first-order valence-electron chi connectivity index (χ1n) is 7.75. The third-order valence-electron chi connectivity index (χ3n) is 4.40. The molecule has 6 heteroatoms. The molecule has 1 fully saturated rings. The molecule has 0 radical (unpaired) electrons. The Morgan fingerprint density at radius 3 is 2.71 bits per heavy atom. The second-order valence-electron chi connectivity index (χ2n) is 5.89. The molecular formula is C18H18ClFN2O2. The molecule has 0 bridgehead atoms. The zero-order chi connectivity index (χ0) is 17.2. The second-order valence-corrected chi connectivity index (χ2v) is 6.32. The van der Waals surface area contributed by atoms with Gasteiger partial charge in [0.25, 0.3) is 5.91 Å². The van der Waals surface area contributed by atoms with E-state index in [0.717, 1.165) is 11.6 Å². The van der Waals surface area contributed by atoms with Crippen LogP contribution in [-0.4, -0.2) is 30.2 Å². The van der Waals surface area contributed by atoms with E-state index in [9.17, 15) is 14.3 Å². The molecule has 0 aromatic heterocycles. The normalized spacial score (nSPS) is 23.7. The molecule has 0 spiro atoms. The molecule has 0 aliphatic carbocycles. The molecule has 0 unspecified atom stereocenters. The van der Waals surface area contributed by atoms with Gasteiger partial charge in [0.05, 0.1) is 17.2 Å². The van der Waals surface area contributed by atoms with Gasteiger partial charge in [-0.15, -0.1) is 0 Å². The molecular weight excluding hydrogens is 331 g/mol. The summed E-state index contributed by atoms with van der Waals surface area (Å²) in [5.74, 6) is -1.26. The largest absolute Gasteiger partial charge is 0.389 e. The molecule has 24 heavy (non-hydrogen) atoms. The Labute approximate surface area is 144 Å². The Morgan fingerprint density at radius 1 is 1.29 bits per heavy atom. The van der Waals surface area contributed by atoms with Gasteiger partial charge in [-0.1, -0.05) is 41.9 Å². The Morgan fingerprint density at radius 2 is 2.04 bits per heavy atom. The van der Waals surface area contributed by atoms with Crippen LogP contribution in [0.1, 0.15) is 22.3 Å². The van der Waals surface area contributed by atoms with Crippen LogP contribution in [0.15, 0.2) is 48.5 Å². The van der Waals surface area contributed by atoms with Crippen LogP contribution in [0.4, 0.5) is 4.39 Å². The standard InChI is InChI=1S/C18H18ClFN2O2/c19-13-6-7-14(15(20)10-13)17(24)22-18(8-9-21-11-16(18)23)12-4-2-1-3-5-12/h1-7,10,16,21,23H,8-9,11H2,(H,22,24)/t16-,18+/m1/s1. The lowest BCUT2D eigenvalue weighted by atomic mass is 9.79. The van der Waals surface area contributed by atoms with Crippen molar-refractivity contribution in [1.29, 1.82) is 0 Å². The highest BCUT2D eigenvalue weighted by Gasteiger charge is 2.43. The van der Waals surface area contributed by atoms with Gasteiger partial charge in [-0.25, -0.2) is 4.39 Å². The fourth-order valence-electron chi connectivity index (χ4n) is 3.10. The maximum atomic E-state index is 14.1. The molecule has 2 atom stereocenters. The van der Waals surface area contributed by atoms with E-state index >= 15 is 0 Å². The van der Waals surface area contributed by atoms with E-state index in [0.29, 0.717) is 19.5 Å². The molecule has 2 aromatic carbocycles. The van der Waals surface area contributed by atoms with Gasteiger partial charge in [0, 0.05) is 11.6 Å². The molecule has 4 nitrogen and oxygen atoms in total. The highest BCUT2D eigenvalue weighted by atomic mass is 35.5. The predicted octanol–water partition coefficient (Wildman–Crippen LogP) is 2.46. The van der Waals surface area contributed by atoms with Gasteiger partial charge < -0.3 is 15.7 Å². The van der Waals surface area contributed by atoms with Crippen LogP contribution in [0.2, 0.25) is 5.02 Å². The van der Waals surface area contributed by atoms with Crippen molar-refractivity contribution >= 4 is 17.5 Å². The Kier molecular flexibility index (Phi) is 4.85. The third-order valence-corrected chi connectivity index (χ3v) is 4.64. The number of benzene rings is 2. The second kappa shape index (κ2) is 6.89. The van der Waals surface area contributed by atoms with Gasteiger partial charge in [0.1, 0.15) is 5.82 Å². The van der Waals surface area contributed by atoms with E-state index in [-0.39, 0.29) is 10.6 Å². The maximum absolute atomic E-state index is 14.1. The lowest BCUT2D eigenvalue weighted by Gasteiger charge is -2.43. The molecule has 0 saturated carbocycles. The van der Waals surface area contributed by atoms with E-state index in [1.54, 1.807) is 0 Å². The first kappa shape index (κ1) is 16.9. The summed E-state index contributed by atoms with van der Waals surface area (Å²) in [7, 11) is 0. The number of β-amino-alcohol motifs (C(OH)–C–C–N with tert-alkyl or cyclic N) is 1. The number of hydrogen-bond donors (Lipinski definition) is 3. The summed E-state index contributed by atoms with van der Waals surface area (Å²) in [6, 6.07) is 13.2. The number of aliphatic hydroxyl groups excluding tert-OH is 1. The smallest absolute Gasteiger partial charge is 0.255 e. The molecule has 1 amide bonds. The Balaban J connectivity index is 1.97. The summed E-state index contributed by atoms with van der Waals surface area (Å²) < 4.78 is 14.1. The number of nitrogens with one attached hydrogen (secondary N) is 2. The van der Waals surface area contributed by atoms with Crippen molar-refractivity contribution in [2.24, 2.45) is 0 Å². The third kappa shape index (κ3) is 3.15. The minimum atomic E-state index is -0.963. The van der Waals surface area contributed by atoms with Crippen molar-refractivity contribution in [3.05, 3.63) is 70.5 Å². The minimum absolute atomic E-state index is 0.0968. The van der Waals surface area contributed by atoms with Crippen molar-refractivity contribution in [3.63, 3.8) is 0 Å². The van der Waals surface area contributed by atoms with Crippen LogP contribution >= 0.6 is 11.6 Å². The number of piperidine rings is 1. The Bertz CT molecular complexity index is 741. The van der Waals surface area contributed by atoms with E-state index < -0.39 is 23.4 Å². The number of halogens is 2. The number of rotatable bonds is 3. The SMILES string of the molecule is O=C(N[C@]1(c2ccccc2)CCNC[C@H]1O)c1ccc(Cl)cc1F. The van der Waals surface area contributed by atoms with Crippen LogP contribution in [0.3, 0.4) is 0 Å². The molecule has 1 aliphatic heterocycles. The average Bonchev–Trinajstić information content (AvgIpc) is 2.57. The van der Waals surface area contributed by atoms with Crippen molar-refractivity contribution < 1.29 is 14.3 Å². The van der Waals surface area contributed by atoms with Crippen molar-refractivity contribution in [2.45, 2.75) is 18.1 Å². The summed E-state index contributed by atoms with van der Waals surface area (Å²) >= 11 is 5.74. The lowest BCUT2D eigenvalue weighted by Crippen LogP contribution is -2.61. The summed E-state index contributed by atoms with van der Waals surface area (Å²) in [5.41, 5.74) is -0.266. The van der Waals surface area contributed by atoms with E-state index in [1.807, 2.05) is 30.3 Å². The molecule has 1 saturated heterocycles. The zero-order valence-corrected chi connectivity index (χ0v) is 13.7. The Hall–Kier alpha value is -1.95. The molecule has 1 heterocycles. The first-order valence-corrected chi connectivity index (χ1v) is 8.12. The van der Waals surface area contributed by atoms with Gasteiger partial charge >= 0.3 is 0 Å². The van der Waals surface area contributed by atoms with E-state index in [1.165, 1.54) is 12.1 Å². The summed E-state index contributed by atoms with van der Waals surface area (Å²) in [5, 5.41) is 16.8. The highest BCUT2D eigenvalue weighted by Crippen LogP contribution is 2.31. The zero-order valence-electron chi connectivity index (χ0n) is 12.9. The van der Waals surface area contributed by atoms with Gasteiger partial charge in [-0.2, -0.15) is 0 Å². The topological polar surface area (TPSA) is 61.4 Å². The molecule has 3 rings (SSSR count). The predicted molar refractivity (Wildman–Crippen MR) is 90.5 cm³/mol. The van der Waals surface area contributed by atoms with Crippen LogP contribution in [0.5, 0.6) is 0 Å². The van der Waals surface area contributed by atoms with Crippen molar-refractivity contribution in [3.8, 4) is 0 Å². The maximum Gasteiger partial charge on any atom is 0.255 e. The number of carbonyl (C=O) groups is 1. The van der Waals surface area contributed by atoms with Crippen LogP contribution in [0, 0.1) is 5.82 Å². The molecule has 2 aromatic rings. The summed E-state index contributed by atoms with van der Waals surface area (Å²) in [6.07, 6.45) is -0.327. The summed E-state index contributed by atoms with van der Waals surface area (Å²) in [4.78, 5) is 12.6. The number of hydrogen-bond acceptors (Lipinski definition) is 3. The quantitative estimate of drug-likeness (QED) is 0.798. The van der Waals surface area contributed by atoms with Gasteiger partial charge in [-0.3, -0.25) is 4.79 Å². The fourth-order valence-corrected chi connectivity index (χ4v) is 3.26. The number of carbonyl (C=O) groups excluding carboxylic acids is 1. The van der Waals surface area contributed by atoms with Gasteiger partial charge in [0.2, 0.25) is 0 Å². The number of amides is 1. The highest BCUT2D eigenvalue weighted by molar-refractivity contribution is 6.30. The average molecular weight is 349 g/mol. The van der Waals surface area contributed by atoms with Gasteiger partial charge in [-0.05, 0) is 36.7 Å². The minimum Gasteiger partial charge on any atom is -0.389 e. The van der Waals surface area contributed by atoms with Crippen molar-refractivity contribution in [1.82, 2.24) is 10.6 Å².